The van der Waals surface area contributed by atoms with E-state index in [1.54, 1.807) is 6.92 Å². The van der Waals surface area contributed by atoms with Gasteiger partial charge in [-0.15, -0.1) is 0 Å². The lowest BCUT2D eigenvalue weighted by Gasteiger charge is -2.49. The van der Waals surface area contributed by atoms with Gasteiger partial charge in [0.1, 0.15) is 0 Å². The molecule has 1 saturated heterocycles. The van der Waals surface area contributed by atoms with Gasteiger partial charge in [0.15, 0.2) is 5.12 Å². The highest BCUT2D eigenvalue weighted by Crippen LogP contribution is 2.45. The standard InChI is InChI=1S/C28H29NO2S/c1-22(31)32-27-17-19-29(21-23(27)18-20-30)28(24-11-5-2-6-12-24,25-13-7-3-8-14-25)26-15-9-4-10-16-26/h2-16,18,27,30H,17,19-21H2,1H3/b23-18-/t27-/m1/s1. The molecule has 1 aliphatic heterocycles. The minimum atomic E-state index is -0.482. The molecule has 3 nitrogen and oxygen atoms in total. The van der Waals surface area contributed by atoms with Gasteiger partial charge < -0.3 is 5.11 Å². The van der Waals surface area contributed by atoms with E-state index < -0.39 is 5.54 Å². The Morgan fingerprint density at radius 3 is 1.81 bits per heavy atom. The number of aliphatic hydroxyl groups is 1. The lowest BCUT2D eigenvalue weighted by atomic mass is 9.74. The molecule has 1 atom stereocenters. The summed E-state index contributed by atoms with van der Waals surface area (Å²) in [6, 6.07) is 31.9. The first kappa shape index (κ1) is 22.5. The van der Waals surface area contributed by atoms with Gasteiger partial charge in [-0.1, -0.05) is 109 Å². The molecule has 0 unspecified atom stereocenters. The molecular weight excluding hydrogens is 414 g/mol. The summed E-state index contributed by atoms with van der Waals surface area (Å²) in [6.45, 7) is 3.12. The summed E-state index contributed by atoms with van der Waals surface area (Å²) >= 11 is 1.38. The van der Waals surface area contributed by atoms with Crippen LogP contribution in [-0.4, -0.2) is 40.1 Å². The number of nitrogens with zero attached hydrogens (tertiary/aromatic N) is 1. The number of likely N-dealkylation sites (tertiary alicyclic amines) is 1. The van der Waals surface area contributed by atoms with Crippen LogP contribution in [0, 0.1) is 0 Å². The van der Waals surface area contributed by atoms with Crippen LogP contribution in [0.5, 0.6) is 0 Å². The predicted octanol–water partition coefficient (Wildman–Crippen LogP) is 5.25. The zero-order valence-corrected chi connectivity index (χ0v) is 19.2. The number of rotatable bonds is 6. The van der Waals surface area contributed by atoms with E-state index in [-0.39, 0.29) is 17.0 Å². The Morgan fingerprint density at radius 1 is 0.938 bits per heavy atom. The smallest absolute Gasteiger partial charge is 0.186 e. The summed E-state index contributed by atoms with van der Waals surface area (Å²) in [5, 5.41) is 9.95. The fourth-order valence-corrected chi connectivity index (χ4v) is 5.83. The second-order valence-corrected chi connectivity index (χ2v) is 9.46. The van der Waals surface area contributed by atoms with Crippen LogP contribution in [0.1, 0.15) is 30.0 Å². The molecule has 4 heteroatoms. The Morgan fingerprint density at radius 2 is 1.41 bits per heavy atom. The largest absolute Gasteiger partial charge is 0.392 e. The van der Waals surface area contributed by atoms with Crippen molar-refractivity contribution >= 4 is 16.9 Å². The van der Waals surface area contributed by atoms with Gasteiger partial charge in [-0.2, -0.15) is 0 Å². The third-order valence-electron chi connectivity index (χ3n) is 6.16. The zero-order valence-electron chi connectivity index (χ0n) is 18.4. The molecule has 0 aliphatic carbocycles. The number of piperidine rings is 1. The molecule has 4 rings (SSSR count). The van der Waals surface area contributed by atoms with Gasteiger partial charge >= 0.3 is 0 Å². The number of carbonyl (C=O) groups excluding carboxylic acids is 1. The molecule has 0 aromatic heterocycles. The molecular formula is C28H29NO2S. The van der Waals surface area contributed by atoms with Crippen molar-refractivity contribution in [3.05, 3.63) is 119 Å². The molecule has 1 aliphatic rings. The van der Waals surface area contributed by atoms with Crippen molar-refractivity contribution in [1.82, 2.24) is 4.90 Å². The Bertz CT molecular complexity index is 954. The van der Waals surface area contributed by atoms with Crippen molar-refractivity contribution in [2.45, 2.75) is 24.1 Å². The van der Waals surface area contributed by atoms with Crippen LogP contribution >= 0.6 is 11.8 Å². The Hall–Kier alpha value is -2.66. The van der Waals surface area contributed by atoms with E-state index in [0.29, 0.717) is 6.54 Å². The second kappa shape index (κ2) is 10.3. The maximum atomic E-state index is 11.9. The molecule has 1 N–H and O–H groups in total. The SMILES string of the molecule is CC(=O)S[C@@H]1CCN(C(c2ccccc2)(c2ccccc2)c2ccccc2)C/C1=C/CO. The van der Waals surface area contributed by atoms with Gasteiger partial charge in [-0.25, -0.2) is 0 Å². The number of hydrogen-bond donors (Lipinski definition) is 1. The highest BCUT2D eigenvalue weighted by Gasteiger charge is 2.44. The molecule has 3 aromatic rings. The van der Waals surface area contributed by atoms with E-state index in [9.17, 15) is 9.90 Å². The number of benzene rings is 3. The Balaban J connectivity index is 1.90. The predicted molar refractivity (Wildman–Crippen MR) is 133 cm³/mol. The third kappa shape index (κ3) is 4.44. The van der Waals surface area contributed by atoms with E-state index in [2.05, 4.69) is 95.9 Å². The summed E-state index contributed by atoms with van der Waals surface area (Å²) in [5.74, 6) is 0. The van der Waals surface area contributed by atoms with Gasteiger partial charge in [0.05, 0.1) is 12.1 Å². The second-order valence-electron chi connectivity index (χ2n) is 8.08. The molecule has 1 fully saturated rings. The molecule has 0 saturated carbocycles. The van der Waals surface area contributed by atoms with E-state index in [4.69, 9.17) is 0 Å². The van der Waals surface area contributed by atoms with Crippen molar-refractivity contribution in [2.24, 2.45) is 0 Å². The molecule has 32 heavy (non-hydrogen) atoms. The van der Waals surface area contributed by atoms with Gasteiger partial charge in [0.2, 0.25) is 0 Å². The van der Waals surface area contributed by atoms with Gasteiger partial charge in [0, 0.05) is 25.3 Å². The lowest BCUT2D eigenvalue weighted by molar-refractivity contribution is -0.109. The highest BCUT2D eigenvalue weighted by atomic mass is 32.2. The van der Waals surface area contributed by atoms with Crippen molar-refractivity contribution in [3.8, 4) is 0 Å². The van der Waals surface area contributed by atoms with E-state index in [1.807, 2.05) is 6.08 Å². The molecule has 0 radical (unpaired) electrons. The molecule has 0 bridgehead atoms. The fourth-order valence-electron chi connectivity index (χ4n) is 4.88. The van der Waals surface area contributed by atoms with E-state index >= 15 is 0 Å². The highest BCUT2D eigenvalue weighted by molar-refractivity contribution is 8.14. The summed E-state index contributed by atoms with van der Waals surface area (Å²) < 4.78 is 0. The molecule has 1 heterocycles. The lowest BCUT2D eigenvalue weighted by Crippen LogP contribution is -2.52. The summed E-state index contributed by atoms with van der Waals surface area (Å²) in [7, 11) is 0. The first-order chi connectivity index (χ1) is 15.7. The Labute approximate surface area is 194 Å². The quantitative estimate of drug-likeness (QED) is 0.417. The first-order valence-electron chi connectivity index (χ1n) is 11.0. The van der Waals surface area contributed by atoms with Crippen molar-refractivity contribution in [2.75, 3.05) is 19.7 Å². The van der Waals surface area contributed by atoms with Crippen LogP contribution in [0.4, 0.5) is 0 Å². The topological polar surface area (TPSA) is 40.5 Å². The number of hydrogen-bond acceptors (Lipinski definition) is 4. The fraction of sp³-hybridized carbons (Fsp3) is 0.250. The monoisotopic (exact) mass is 443 g/mol. The van der Waals surface area contributed by atoms with Gasteiger partial charge in [0.25, 0.3) is 0 Å². The first-order valence-corrected chi connectivity index (χ1v) is 11.9. The van der Waals surface area contributed by atoms with E-state index in [1.165, 1.54) is 28.5 Å². The summed E-state index contributed by atoms with van der Waals surface area (Å²) in [5.41, 5.74) is 4.26. The third-order valence-corrected chi connectivity index (χ3v) is 7.31. The van der Waals surface area contributed by atoms with Crippen LogP contribution in [0.15, 0.2) is 103 Å². The van der Waals surface area contributed by atoms with Crippen molar-refractivity contribution < 1.29 is 9.90 Å². The average molecular weight is 444 g/mol. The zero-order chi connectivity index (χ0) is 22.4. The van der Waals surface area contributed by atoms with Crippen LogP contribution in [-0.2, 0) is 10.3 Å². The normalized spacial score (nSPS) is 18.6. The summed E-state index contributed by atoms with van der Waals surface area (Å²) in [6.07, 6.45) is 2.74. The number of thioether (sulfide) groups is 1. The van der Waals surface area contributed by atoms with Crippen LogP contribution < -0.4 is 0 Å². The average Bonchev–Trinajstić information content (AvgIpc) is 2.83. The molecule has 0 spiro atoms. The maximum absolute atomic E-state index is 11.9. The minimum Gasteiger partial charge on any atom is -0.392 e. The molecule has 3 aromatic carbocycles. The number of carbonyl (C=O) groups is 1. The molecule has 164 valence electrons. The van der Waals surface area contributed by atoms with Gasteiger partial charge in [-0.05, 0) is 28.7 Å². The van der Waals surface area contributed by atoms with Crippen LogP contribution in [0.2, 0.25) is 0 Å². The van der Waals surface area contributed by atoms with Crippen LogP contribution in [0.3, 0.4) is 0 Å². The van der Waals surface area contributed by atoms with Crippen molar-refractivity contribution in [1.29, 1.82) is 0 Å². The van der Waals surface area contributed by atoms with Crippen molar-refractivity contribution in [3.63, 3.8) is 0 Å². The van der Waals surface area contributed by atoms with E-state index in [0.717, 1.165) is 18.5 Å². The summed E-state index contributed by atoms with van der Waals surface area (Å²) in [4.78, 5) is 14.4. The van der Waals surface area contributed by atoms with Gasteiger partial charge in [-0.3, -0.25) is 9.69 Å². The minimum absolute atomic E-state index is 0.0207. The number of aliphatic hydroxyl groups excluding tert-OH is 1. The van der Waals surface area contributed by atoms with Crippen LogP contribution in [0.25, 0.3) is 0 Å². The molecule has 0 amide bonds. The maximum Gasteiger partial charge on any atom is 0.186 e. The Kier molecular flexibility index (Phi) is 7.26.